The molecule has 0 saturated carbocycles. The zero-order valence-electron chi connectivity index (χ0n) is 15.9. The SMILES string of the molecule is CCc1cc(CNC(=NC)NCc2ccc(C)cc2OCC(F)(F)F)on1.I. The highest BCUT2D eigenvalue weighted by molar-refractivity contribution is 14.0. The van der Waals surface area contributed by atoms with Crippen LogP contribution in [0.4, 0.5) is 13.2 Å². The van der Waals surface area contributed by atoms with Gasteiger partial charge in [0.2, 0.25) is 0 Å². The van der Waals surface area contributed by atoms with E-state index >= 15 is 0 Å². The number of aliphatic imine (C=N–C) groups is 1. The Labute approximate surface area is 178 Å². The van der Waals surface area contributed by atoms with Crippen LogP contribution in [0.2, 0.25) is 0 Å². The Balaban J connectivity index is 0.00000392. The number of rotatable bonds is 7. The normalized spacial score (nSPS) is 11.7. The number of hydrogen-bond donors (Lipinski definition) is 2. The van der Waals surface area contributed by atoms with Gasteiger partial charge in [-0.3, -0.25) is 4.99 Å². The van der Waals surface area contributed by atoms with E-state index in [0.717, 1.165) is 17.7 Å². The third-order valence-electron chi connectivity index (χ3n) is 3.68. The van der Waals surface area contributed by atoms with Crippen molar-refractivity contribution in [3.8, 4) is 5.75 Å². The minimum atomic E-state index is -4.39. The van der Waals surface area contributed by atoms with Gasteiger partial charge in [-0.25, -0.2) is 0 Å². The molecule has 2 rings (SSSR count). The van der Waals surface area contributed by atoms with Gasteiger partial charge in [0.25, 0.3) is 0 Å². The second-order valence-corrected chi connectivity index (χ2v) is 5.93. The van der Waals surface area contributed by atoms with Gasteiger partial charge in [0.15, 0.2) is 18.3 Å². The van der Waals surface area contributed by atoms with Gasteiger partial charge in [-0.05, 0) is 25.0 Å². The molecule has 0 aliphatic heterocycles. The summed E-state index contributed by atoms with van der Waals surface area (Å²) in [5.41, 5.74) is 2.28. The Kier molecular flexibility index (Phi) is 9.56. The molecule has 0 bridgehead atoms. The van der Waals surface area contributed by atoms with E-state index in [-0.39, 0.29) is 36.3 Å². The minimum absolute atomic E-state index is 0. The van der Waals surface area contributed by atoms with Crippen LogP contribution in [0.15, 0.2) is 33.8 Å². The van der Waals surface area contributed by atoms with Crippen molar-refractivity contribution in [2.45, 2.75) is 39.5 Å². The number of ether oxygens (including phenoxy) is 1. The predicted molar refractivity (Wildman–Crippen MR) is 111 cm³/mol. The zero-order valence-corrected chi connectivity index (χ0v) is 18.2. The van der Waals surface area contributed by atoms with Crippen molar-refractivity contribution in [1.82, 2.24) is 15.8 Å². The largest absolute Gasteiger partial charge is 0.484 e. The molecule has 0 radical (unpaired) electrons. The van der Waals surface area contributed by atoms with Gasteiger partial charge in [-0.2, -0.15) is 13.2 Å². The second-order valence-electron chi connectivity index (χ2n) is 5.93. The molecule has 156 valence electrons. The first-order chi connectivity index (χ1) is 12.8. The lowest BCUT2D eigenvalue weighted by molar-refractivity contribution is -0.153. The van der Waals surface area contributed by atoms with Gasteiger partial charge in [0.05, 0.1) is 12.2 Å². The molecule has 0 fully saturated rings. The second kappa shape index (κ2) is 11.1. The summed E-state index contributed by atoms with van der Waals surface area (Å²) in [5, 5.41) is 10.0. The van der Waals surface area contributed by atoms with Crippen molar-refractivity contribution in [3.05, 3.63) is 46.8 Å². The van der Waals surface area contributed by atoms with Crippen LogP contribution in [0.25, 0.3) is 0 Å². The third kappa shape index (κ3) is 7.95. The Bertz CT molecular complexity index is 778. The highest BCUT2D eigenvalue weighted by atomic mass is 127. The summed E-state index contributed by atoms with van der Waals surface area (Å²) in [6, 6.07) is 6.98. The van der Waals surface area contributed by atoms with Crippen LogP contribution < -0.4 is 15.4 Å². The maximum absolute atomic E-state index is 12.4. The molecule has 0 unspecified atom stereocenters. The van der Waals surface area contributed by atoms with E-state index in [9.17, 15) is 13.2 Å². The van der Waals surface area contributed by atoms with Crippen LogP contribution in [0.5, 0.6) is 5.75 Å². The van der Waals surface area contributed by atoms with Gasteiger partial charge in [0, 0.05) is 25.2 Å². The fraction of sp³-hybridized carbons (Fsp3) is 0.444. The number of nitrogens with one attached hydrogen (secondary N) is 2. The molecule has 28 heavy (non-hydrogen) atoms. The fourth-order valence-corrected chi connectivity index (χ4v) is 2.28. The smallest absolute Gasteiger partial charge is 0.422 e. The van der Waals surface area contributed by atoms with Gasteiger partial charge in [-0.15, -0.1) is 24.0 Å². The number of guanidine groups is 1. The predicted octanol–water partition coefficient (Wildman–Crippen LogP) is 3.97. The van der Waals surface area contributed by atoms with E-state index in [1.807, 2.05) is 19.1 Å². The van der Waals surface area contributed by atoms with Gasteiger partial charge in [-0.1, -0.05) is 24.2 Å². The minimum Gasteiger partial charge on any atom is -0.484 e. The Morgan fingerprint density at radius 3 is 2.54 bits per heavy atom. The number of benzene rings is 1. The molecule has 0 atom stereocenters. The molecule has 10 heteroatoms. The van der Waals surface area contributed by atoms with Gasteiger partial charge >= 0.3 is 6.18 Å². The molecule has 0 spiro atoms. The van der Waals surface area contributed by atoms with Crippen molar-refractivity contribution < 1.29 is 22.4 Å². The van der Waals surface area contributed by atoms with Gasteiger partial charge < -0.3 is 19.9 Å². The lowest BCUT2D eigenvalue weighted by Gasteiger charge is -2.16. The molecular formula is C18H24F3IN4O2. The number of aromatic nitrogens is 1. The Morgan fingerprint density at radius 2 is 1.93 bits per heavy atom. The number of aryl methyl sites for hydroxylation is 2. The molecule has 6 nitrogen and oxygen atoms in total. The standard InChI is InChI=1S/C18H23F3N4O2.HI/c1-4-14-8-15(27-25-14)10-24-17(22-3)23-9-13-6-5-12(2)7-16(13)26-11-18(19,20)21;/h5-8H,4,9-11H2,1-3H3,(H2,22,23,24);1H. The molecule has 0 amide bonds. The van der Waals surface area contributed by atoms with Crippen molar-refractivity contribution in [2.24, 2.45) is 4.99 Å². The highest BCUT2D eigenvalue weighted by Crippen LogP contribution is 2.23. The number of nitrogens with zero attached hydrogens (tertiary/aromatic N) is 2. The number of halogens is 4. The van der Waals surface area contributed by atoms with Crippen LogP contribution in [0.1, 0.15) is 29.5 Å². The molecule has 0 saturated heterocycles. The van der Waals surface area contributed by atoms with Gasteiger partial charge in [0.1, 0.15) is 5.75 Å². The Hall–Kier alpha value is -1.98. The van der Waals surface area contributed by atoms with E-state index in [4.69, 9.17) is 9.26 Å². The highest BCUT2D eigenvalue weighted by Gasteiger charge is 2.28. The van der Waals surface area contributed by atoms with Crippen LogP contribution in [-0.4, -0.2) is 30.9 Å². The zero-order chi connectivity index (χ0) is 19.9. The van der Waals surface area contributed by atoms with E-state index in [1.165, 1.54) is 0 Å². The van der Waals surface area contributed by atoms with Crippen LogP contribution in [0.3, 0.4) is 0 Å². The number of alkyl halides is 3. The molecule has 1 heterocycles. The maximum Gasteiger partial charge on any atom is 0.422 e. The summed E-state index contributed by atoms with van der Waals surface area (Å²) >= 11 is 0. The molecule has 0 aliphatic rings. The van der Waals surface area contributed by atoms with Crippen LogP contribution in [-0.2, 0) is 19.5 Å². The Morgan fingerprint density at radius 1 is 1.21 bits per heavy atom. The molecular weight excluding hydrogens is 488 g/mol. The van der Waals surface area contributed by atoms with E-state index < -0.39 is 12.8 Å². The third-order valence-corrected chi connectivity index (χ3v) is 3.68. The first-order valence-electron chi connectivity index (χ1n) is 8.48. The van der Waals surface area contributed by atoms with E-state index in [0.29, 0.717) is 23.8 Å². The van der Waals surface area contributed by atoms with Crippen molar-refractivity contribution in [3.63, 3.8) is 0 Å². The lowest BCUT2D eigenvalue weighted by Crippen LogP contribution is -2.36. The average molecular weight is 512 g/mol. The van der Waals surface area contributed by atoms with Crippen LogP contribution in [0, 0.1) is 6.92 Å². The molecule has 2 aromatic rings. The molecule has 2 N–H and O–H groups in total. The number of hydrogen-bond acceptors (Lipinski definition) is 4. The maximum atomic E-state index is 12.4. The summed E-state index contributed by atoms with van der Waals surface area (Å²) in [6.07, 6.45) is -3.61. The first-order valence-corrected chi connectivity index (χ1v) is 8.48. The topological polar surface area (TPSA) is 71.7 Å². The molecule has 0 aliphatic carbocycles. The van der Waals surface area contributed by atoms with E-state index in [1.54, 1.807) is 26.1 Å². The first kappa shape index (κ1) is 24.1. The van der Waals surface area contributed by atoms with Crippen molar-refractivity contribution in [2.75, 3.05) is 13.7 Å². The lowest BCUT2D eigenvalue weighted by atomic mass is 10.1. The summed E-state index contributed by atoms with van der Waals surface area (Å²) in [5.74, 6) is 1.34. The van der Waals surface area contributed by atoms with E-state index in [2.05, 4.69) is 20.8 Å². The quantitative estimate of drug-likeness (QED) is 0.334. The fourth-order valence-electron chi connectivity index (χ4n) is 2.28. The molecule has 1 aromatic heterocycles. The molecule has 1 aromatic carbocycles. The summed E-state index contributed by atoms with van der Waals surface area (Å²) in [6.45, 7) is 3.08. The summed E-state index contributed by atoms with van der Waals surface area (Å²) in [7, 11) is 1.60. The monoisotopic (exact) mass is 512 g/mol. The summed E-state index contributed by atoms with van der Waals surface area (Å²) in [4.78, 5) is 4.09. The van der Waals surface area contributed by atoms with Crippen molar-refractivity contribution >= 4 is 29.9 Å². The van der Waals surface area contributed by atoms with Crippen molar-refractivity contribution in [1.29, 1.82) is 0 Å². The average Bonchev–Trinajstić information content (AvgIpc) is 3.08. The summed E-state index contributed by atoms with van der Waals surface area (Å²) < 4.78 is 47.5. The van der Waals surface area contributed by atoms with Crippen LogP contribution >= 0.6 is 24.0 Å².